The van der Waals surface area contributed by atoms with E-state index in [2.05, 4.69) is 56.9 Å². The molecular formula is C18H39N3. The summed E-state index contributed by atoms with van der Waals surface area (Å²) in [7, 11) is 4.34. The van der Waals surface area contributed by atoms with E-state index in [9.17, 15) is 0 Å². The predicted molar refractivity (Wildman–Crippen MR) is 93.9 cm³/mol. The van der Waals surface area contributed by atoms with Gasteiger partial charge in [0.15, 0.2) is 0 Å². The van der Waals surface area contributed by atoms with Crippen molar-refractivity contribution in [3.05, 3.63) is 0 Å². The molecule has 21 heavy (non-hydrogen) atoms. The van der Waals surface area contributed by atoms with E-state index in [-0.39, 0.29) is 0 Å². The largest absolute Gasteiger partial charge is 0.314 e. The van der Waals surface area contributed by atoms with Gasteiger partial charge in [-0.25, -0.2) is 0 Å². The standard InChI is InChI=1S/C18H39N3/c1-7-19-17-10-11-18(3,4)14-16(17)15-21(8-2)13-9-12-20(5)6/h16-17,19H,7-15H2,1-6H3. The van der Waals surface area contributed by atoms with Gasteiger partial charge in [-0.15, -0.1) is 0 Å². The van der Waals surface area contributed by atoms with Gasteiger partial charge < -0.3 is 15.1 Å². The predicted octanol–water partition coefficient (Wildman–Crippen LogP) is 3.06. The van der Waals surface area contributed by atoms with E-state index in [1.807, 2.05) is 0 Å². The summed E-state index contributed by atoms with van der Waals surface area (Å²) in [6, 6.07) is 0.728. The second kappa shape index (κ2) is 9.12. The second-order valence-corrected chi connectivity index (χ2v) is 7.88. The van der Waals surface area contributed by atoms with Crippen molar-refractivity contribution in [1.29, 1.82) is 0 Å². The van der Waals surface area contributed by atoms with Gasteiger partial charge in [0.2, 0.25) is 0 Å². The monoisotopic (exact) mass is 297 g/mol. The molecular weight excluding hydrogens is 258 g/mol. The third-order valence-electron chi connectivity index (χ3n) is 5.00. The molecule has 2 atom stereocenters. The van der Waals surface area contributed by atoms with Crippen molar-refractivity contribution in [2.45, 2.75) is 59.4 Å². The van der Waals surface area contributed by atoms with Gasteiger partial charge in [-0.2, -0.15) is 0 Å². The Balaban J connectivity index is 2.52. The zero-order valence-electron chi connectivity index (χ0n) is 15.4. The Labute approximate surface area is 133 Å². The van der Waals surface area contributed by atoms with Crippen LogP contribution in [0, 0.1) is 11.3 Å². The van der Waals surface area contributed by atoms with E-state index in [0.717, 1.165) is 18.5 Å². The fourth-order valence-electron chi connectivity index (χ4n) is 3.78. The molecule has 1 rings (SSSR count). The summed E-state index contributed by atoms with van der Waals surface area (Å²) in [4.78, 5) is 4.96. The van der Waals surface area contributed by atoms with Gasteiger partial charge in [-0.3, -0.25) is 0 Å². The molecule has 3 heteroatoms. The van der Waals surface area contributed by atoms with E-state index in [0.29, 0.717) is 5.41 Å². The first-order valence-electron chi connectivity index (χ1n) is 8.98. The molecule has 0 aliphatic heterocycles. The highest BCUT2D eigenvalue weighted by Gasteiger charge is 2.34. The summed E-state index contributed by atoms with van der Waals surface area (Å²) < 4.78 is 0. The lowest BCUT2D eigenvalue weighted by Crippen LogP contribution is -2.47. The van der Waals surface area contributed by atoms with Crippen molar-refractivity contribution in [2.75, 3.05) is 46.8 Å². The van der Waals surface area contributed by atoms with Crippen LogP contribution in [0.5, 0.6) is 0 Å². The molecule has 0 heterocycles. The summed E-state index contributed by atoms with van der Waals surface area (Å²) in [6.45, 7) is 15.4. The minimum absolute atomic E-state index is 0.527. The fourth-order valence-corrected chi connectivity index (χ4v) is 3.78. The van der Waals surface area contributed by atoms with Gasteiger partial charge in [0, 0.05) is 12.6 Å². The number of nitrogens with one attached hydrogen (secondary N) is 1. The lowest BCUT2D eigenvalue weighted by atomic mass is 9.69. The van der Waals surface area contributed by atoms with Crippen LogP contribution in [-0.2, 0) is 0 Å². The van der Waals surface area contributed by atoms with E-state index < -0.39 is 0 Å². The summed E-state index contributed by atoms with van der Waals surface area (Å²) in [6.07, 6.45) is 5.37. The second-order valence-electron chi connectivity index (χ2n) is 7.88. The van der Waals surface area contributed by atoms with Crippen LogP contribution in [0.15, 0.2) is 0 Å². The first-order valence-corrected chi connectivity index (χ1v) is 8.98. The highest BCUT2D eigenvalue weighted by Crippen LogP contribution is 2.39. The number of hydrogen-bond donors (Lipinski definition) is 1. The van der Waals surface area contributed by atoms with E-state index in [1.165, 1.54) is 51.9 Å². The van der Waals surface area contributed by atoms with Crippen LogP contribution in [0.1, 0.15) is 53.4 Å². The zero-order chi connectivity index (χ0) is 15.9. The Morgan fingerprint density at radius 1 is 1.14 bits per heavy atom. The maximum Gasteiger partial charge on any atom is 0.0108 e. The molecule has 1 aliphatic rings. The Bertz CT molecular complexity index is 276. The molecule has 1 aliphatic carbocycles. The molecule has 1 fully saturated rings. The van der Waals surface area contributed by atoms with Crippen molar-refractivity contribution < 1.29 is 0 Å². The number of rotatable bonds is 9. The minimum atomic E-state index is 0.527. The van der Waals surface area contributed by atoms with Crippen molar-refractivity contribution in [3.63, 3.8) is 0 Å². The first-order chi connectivity index (χ1) is 9.88. The van der Waals surface area contributed by atoms with Gasteiger partial charge in [0.25, 0.3) is 0 Å². The Hall–Kier alpha value is -0.120. The van der Waals surface area contributed by atoms with E-state index in [4.69, 9.17) is 0 Å². The van der Waals surface area contributed by atoms with Gasteiger partial charge in [-0.05, 0) is 77.3 Å². The molecule has 0 aromatic carbocycles. The molecule has 1 saturated carbocycles. The first kappa shape index (κ1) is 18.9. The highest BCUT2D eigenvalue weighted by molar-refractivity contribution is 4.90. The van der Waals surface area contributed by atoms with Gasteiger partial charge in [0.1, 0.15) is 0 Å². The minimum Gasteiger partial charge on any atom is -0.314 e. The molecule has 0 amide bonds. The van der Waals surface area contributed by atoms with E-state index in [1.54, 1.807) is 0 Å². The Morgan fingerprint density at radius 3 is 2.43 bits per heavy atom. The third-order valence-corrected chi connectivity index (χ3v) is 5.00. The molecule has 2 unspecified atom stereocenters. The molecule has 0 radical (unpaired) electrons. The molecule has 0 aromatic heterocycles. The summed E-state index contributed by atoms with van der Waals surface area (Å²) >= 11 is 0. The lowest BCUT2D eigenvalue weighted by Gasteiger charge is -2.43. The van der Waals surface area contributed by atoms with E-state index >= 15 is 0 Å². The number of nitrogens with zero attached hydrogens (tertiary/aromatic N) is 2. The van der Waals surface area contributed by atoms with Crippen LogP contribution in [0.25, 0.3) is 0 Å². The molecule has 0 saturated heterocycles. The van der Waals surface area contributed by atoms with Crippen LogP contribution in [0.2, 0.25) is 0 Å². The van der Waals surface area contributed by atoms with Crippen LogP contribution in [0.4, 0.5) is 0 Å². The summed E-state index contributed by atoms with van der Waals surface area (Å²) in [5, 5.41) is 3.74. The molecule has 0 bridgehead atoms. The van der Waals surface area contributed by atoms with Crippen LogP contribution in [-0.4, -0.2) is 62.7 Å². The quantitative estimate of drug-likeness (QED) is 0.705. The molecule has 0 aromatic rings. The van der Waals surface area contributed by atoms with Crippen molar-refractivity contribution in [3.8, 4) is 0 Å². The smallest absolute Gasteiger partial charge is 0.0108 e. The molecule has 1 N–H and O–H groups in total. The maximum atomic E-state index is 3.74. The molecule has 3 nitrogen and oxygen atoms in total. The Kier molecular flexibility index (Phi) is 8.22. The maximum absolute atomic E-state index is 3.74. The third kappa shape index (κ3) is 7.12. The van der Waals surface area contributed by atoms with Crippen molar-refractivity contribution in [2.24, 2.45) is 11.3 Å². The topological polar surface area (TPSA) is 18.5 Å². The summed E-state index contributed by atoms with van der Waals surface area (Å²) in [5.41, 5.74) is 0.527. The SMILES string of the molecule is CCNC1CCC(C)(C)CC1CN(CC)CCCN(C)C. The zero-order valence-corrected chi connectivity index (χ0v) is 15.4. The van der Waals surface area contributed by atoms with Gasteiger partial charge >= 0.3 is 0 Å². The molecule has 126 valence electrons. The summed E-state index contributed by atoms with van der Waals surface area (Å²) in [5.74, 6) is 0.813. The van der Waals surface area contributed by atoms with Crippen molar-refractivity contribution in [1.82, 2.24) is 15.1 Å². The molecule has 0 spiro atoms. The lowest BCUT2D eigenvalue weighted by molar-refractivity contribution is 0.101. The average molecular weight is 298 g/mol. The fraction of sp³-hybridized carbons (Fsp3) is 1.00. The average Bonchev–Trinajstić information content (AvgIpc) is 2.40. The van der Waals surface area contributed by atoms with Crippen LogP contribution < -0.4 is 5.32 Å². The Morgan fingerprint density at radius 2 is 1.86 bits per heavy atom. The number of hydrogen-bond acceptors (Lipinski definition) is 3. The van der Waals surface area contributed by atoms with Gasteiger partial charge in [0.05, 0.1) is 0 Å². The highest BCUT2D eigenvalue weighted by atomic mass is 15.1. The normalized spacial score (nSPS) is 25.7. The van der Waals surface area contributed by atoms with Crippen LogP contribution in [0.3, 0.4) is 0 Å². The van der Waals surface area contributed by atoms with Crippen molar-refractivity contribution >= 4 is 0 Å². The van der Waals surface area contributed by atoms with Crippen LogP contribution >= 0.6 is 0 Å². The van der Waals surface area contributed by atoms with Gasteiger partial charge in [-0.1, -0.05) is 27.7 Å².